The molecular weight excluding hydrogens is 318 g/mol. The molecule has 138 valence electrons. The van der Waals surface area contributed by atoms with Crippen molar-refractivity contribution >= 4 is 11.9 Å². The quantitative estimate of drug-likeness (QED) is 0.887. The number of carboxylic acid groups (broad SMARTS) is 1. The fourth-order valence-corrected chi connectivity index (χ4v) is 4.30. The molecule has 1 aromatic rings. The van der Waals surface area contributed by atoms with Gasteiger partial charge in [-0.2, -0.15) is 0 Å². The molecule has 2 fully saturated rings. The third kappa shape index (κ3) is 4.07. The van der Waals surface area contributed by atoms with Crippen molar-refractivity contribution in [2.75, 3.05) is 6.54 Å². The molecule has 3 atom stereocenters. The van der Waals surface area contributed by atoms with Crippen LogP contribution in [0.15, 0.2) is 16.5 Å². The van der Waals surface area contributed by atoms with Crippen molar-refractivity contribution in [3.8, 4) is 0 Å². The molecule has 1 amide bonds. The number of likely N-dealkylation sites (tertiary alicyclic amines) is 1. The van der Waals surface area contributed by atoms with Crippen molar-refractivity contribution in [2.24, 2.45) is 11.8 Å². The van der Waals surface area contributed by atoms with Crippen LogP contribution in [0.3, 0.4) is 0 Å². The summed E-state index contributed by atoms with van der Waals surface area (Å²) < 4.78 is 5.97. The summed E-state index contributed by atoms with van der Waals surface area (Å²) in [6.45, 7) is 2.81. The normalized spacial score (nSPS) is 27.7. The number of hydrogen-bond donors (Lipinski definition) is 1. The largest absolute Gasteiger partial charge is 0.481 e. The second-order valence-electron chi connectivity index (χ2n) is 7.45. The smallest absolute Gasteiger partial charge is 0.306 e. The van der Waals surface area contributed by atoms with E-state index in [1.54, 1.807) is 0 Å². The highest BCUT2D eigenvalue weighted by Crippen LogP contribution is 2.36. The minimum atomic E-state index is -0.761. The maximum Gasteiger partial charge on any atom is 0.306 e. The second-order valence-corrected chi connectivity index (χ2v) is 7.45. The third-order valence-electron chi connectivity index (χ3n) is 5.77. The monoisotopic (exact) mass is 347 g/mol. The van der Waals surface area contributed by atoms with E-state index in [4.69, 9.17) is 4.42 Å². The van der Waals surface area contributed by atoms with Crippen LogP contribution in [-0.2, 0) is 16.0 Å². The second kappa shape index (κ2) is 8.07. The predicted molar refractivity (Wildman–Crippen MR) is 94.1 cm³/mol. The zero-order valence-corrected chi connectivity index (χ0v) is 15.1. The lowest BCUT2D eigenvalue weighted by molar-refractivity contribution is -0.146. The summed E-state index contributed by atoms with van der Waals surface area (Å²) >= 11 is 0. The van der Waals surface area contributed by atoms with Crippen molar-refractivity contribution in [2.45, 2.75) is 70.8 Å². The van der Waals surface area contributed by atoms with Crippen molar-refractivity contribution in [3.63, 3.8) is 0 Å². The summed E-state index contributed by atoms with van der Waals surface area (Å²) in [5, 5.41) is 9.31. The van der Waals surface area contributed by atoms with E-state index in [2.05, 4.69) is 6.92 Å². The first-order valence-electron chi connectivity index (χ1n) is 9.72. The van der Waals surface area contributed by atoms with Crippen molar-refractivity contribution in [3.05, 3.63) is 23.7 Å². The number of aliphatic carboxylic acids is 1. The van der Waals surface area contributed by atoms with Crippen LogP contribution in [0.2, 0.25) is 0 Å². The van der Waals surface area contributed by atoms with Gasteiger partial charge in [0.15, 0.2) is 0 Å². The van der Waals surface area contributed by atoms with Gasteiger partial charge in [0.1, 0.15) is 11.5 Å². The molecule has 2 aliphatic rings. The van der Waals surface area contributed by atoms with Gasteiger partial charge in [-0.1, -0.05) is 26.2 Å². The Labute approximate surface area is 149 Å². The minimum absolute atomic E-state index is 0.000467. The van der Waals surface area contributed by atoms with Crippen LogP contribution in [0.4, 0.5) is 0 Å². The molecule has 25 heavy (non-hydrogen) atoms. The van der Waals surface area contributed by atoms with E-state index in [9.17, 15) is 14.7 Å². The van der Waals surface area contributed by atoms with E-state index in [1.807, 2.05) is 17.0 Å². The molecule has 0 bridgehead atoms. The zero-order valence-electron chi connectivity index (χ0n) is 15.1. The van der Waals surface area contributed by atoms with Crippen LogP contribution in [0.1, 0.15) is 75.9 Å². The lowest BCUT2D eigenvalue weighted by Gasteiger charge is -2.34. The Morgan fingerprint density at radius 3 is 2.64 bits per heavy atom. The highest BCUT2D eigenvalue weighted by molar-refractivity contribution is 5.80. The van der Waals surface area contributed by atoms with Crippen LogP contribution in [0.25, 0.3) is 0 Å². The van der Waals surface area contributed by atoms with E-state index in [0.717, 1.165) is 63.0 Å². The summed E-state index contributed by atoms with van der Waals surface area (Å²) in [6, 6.07) is 4.01. The zero-order chi connectivity index (χ0) is 17.8. The fraction of sp³-hybridized carbons (Fsp3) is 0.700. The van der Waals surface area contributed by atoms with E-state index in [1.165, 1.54) is 0 Å². The molecule has 0 spiro atoms. The Hall–Kier alpha value is -1.78. The highest BCUT2D eigenvalue weighted by atomic mass is 16.4. The molecule has 3 unspecified atom stereocenters. The van der Waals surface area contributed by atoms with E-state index < -0.39 is 5.97 Å². The number of rotatable bonds is 4. The van der Waals surface area contributed by atoms with Gasteiger partial charge >= 0.3 is 5.97 Å². The van der Waals surface area contributed by atoms with Crippen LogP contribution >= 0.6 is 0 Å². The Bertz CT molecular complexity index is 609. The first kappa shape index (κ1) is 18.0. The van der Waals surface area contributed by atoms with Gasteiger partial charge in [0.05, 0.1) is 12.0 Å². The number of carboxylic acids is 1. The molecule has 5 heteroatoms. The van der Waals surface area contributed by atoms with Gasteiger partial charge in [0.25, 0.3) is 0 Å². The van der Waals surface area contributed by atoms with E-state index >= 15 is 0 Å². The number of aryl methyl sites for hydroxylation is 1. The van der Waals surface area contributed by atoms with Gasteiger partial charge in [-0.15, -0.1) is 0 Å². The Balaban J connectivity index is 1.78. The summed E-state index contributed by atoms with van der Waals surface area (Å²) in [5.74, 6) is 0.684. The molecule has 2 heterocycles. The van der Waals surface area contributed by atoms with E-state index in [-0.39, 0.29) is 23.8 Å². The van der Waals surface area contributed by atoms with Gasteiger partial charge in [-0.05, 0) is 44.2 Å². The maximum atomic E-state index is 13.2. The van der Waals surface area contributed by atoms with Gasteiger partial charge in [0, 0.05) is 18.9 Å². The van der Waals surface area contributed by atoms with Crippen molar-refractivity contribution in [1.82, 2.24) is 4.90 Å². The number of nitrogens with zero attached hydrogens (tertiary/aromatic N) is 1. The lowest BCUT2D eigenvalue weighted by Crippen LogP contribution is -2.41. The van der Waals surface area contributed by atoms with Crippen molar-refractivity contribution in [1.29, 1.82) is 0 Å². The van der Waals surface area contributed by atoms with Gasteiger partial charge in [-0.3, -0.25) is 9.59 Å². The first-order valence-corrected chi connectivity index (χ1v) is 9.72. The van der Waals surface area contributed by atoms with Crippen LogP contribution in [0.5, 0.6) is 0 Å². The van der Waals surface area contributed by atoms with Crippen molar-refractivity contribution < 1.29 is 19.1 Å². The predicted octanol–water partition coefficient (Wildman–Crippen LogP) is 4.18. The number of carbonyl (C=O) groups is 2. The molecule has 0 radical (unpaired) electrons. The van der Waals surface area contributed by atoms with Crippen LogP contribution in [-0.4, -0.2) is 28.4 Å². The highest BCUT2D eigenvalue weighted by Gasteiger charge is 2.37. The minimum Gasteiger partial charge on any atom is -0.481 e. The number of furan rings is 1. The molecule has 1 N–H and O–H groups in total. The molecular formula is C20H29NO4. The standard InChI is InChI=1S/C20H29NO4/c1-2-16-10-11-18(25-16)17-9-4-3-5-12-21(17)19(22)14-7-6-8-15(13-14)20(23)24/h10-11,14-15,17H,2-9,12-13H2,1H3,(H,23,24). The lowest BCUT2D eigenvalue weighted by atomic mass is 9.80. The summed E-state index contributed by atoms with van der Waals surface area (Å²) in [5.41, 5.74) is 0. The number of carbonyl (C=O) groups excluding carboxylic acids is 1. The van der Waals surface area contributed by atoms with E-state index in [0.29, 0.717) is 12.8 Å². The summed E-state index contributed by atoms with van der Waals surface area (Å²) in [4.78, 5) is 26.5. The molecule has 5 nitrogen and oxygen atoms in total. The average molecular weight is 347 g/mol. The Morgan fingerprint density at radius 2 is 1.92 bits per heavy atom. The summed E-state index contributed by atoms with van der Waals surface area (Å²) in [7, 11) is 0. The summed E-state index contributed by atoms with van der Waals surface area (Å²) in [6.07, 6.45) is 7.83. The Morgan fingerprint density at radius 1 is 1.12 bits per heavy atom. The van der Waals surface area contributed by atoms with Crippen LogP contribution in [0, 0.1) is 11.8 Å². The van der Waals surface area contributed by atoms with Gasteiger partial charge in [0.2, 0.25) is 5.91 Å². The average Bonchev–Trinajstić information content (AvgIpc) is 2.98. The molecule has 3 rings (SSSR count). The molecule has 1 aromatic heterocycles. The van der Waals surface area contributed by atoms with Gasteiger partial charge in [-0.25, -0.2) is 0 Å². The van der Waals surface area contributed by atoms with Crippen LogP contribution < -0.4 is 0 Å². The SMILES string of the molecule is CCc1ccc(C2CCCCCN2C(=O)C2CCCC(C(=O)O)C2)o1. The molecule has 1 saturated heterocycles. The fourth-order valence-electron chi connectivity index (χ4n) is 4.30. The van der Waals surface area contributed by atoms with Gasteiger partial charge < -0.3 is 14.4 Å². The molecule has 1 aliphatic carbocycles. The molecule has 1 aliphatic heterocycles. The number of amides is 1. The Kier molecular flexibility index (Phi) is 5.82. The molecule has 0 aromatic carbocycles. The molecule has 1 saturated carbocycles. The third-order valence-corrected chi connectivity index (χ3v) is 5.77. The maximum absolute atomic E-state index is 13.2. The topological polar surface area (TPSA) is 70.8 Å². The first-order chi connectivity index (χ1) is 12.1. The number of hydrogen-bond acceptors (Lipinski definition) is 3.